The van der Waals surface area contributed by atoms with Crippen molar-refractivity contribution in [2.45, 2.75) is 31.7 Å². The second-order valence-electron chi connectivity index (χ2n) is 8.85. The Morgan fingerprint density at radius 3 is 2.42 bits per heavy atom. The van der Waals surface area contributed by atoms with Crippen molar-refractivity contribution in [1.29, 1.82) is 0 Å². The van der Waals surface area contributed by atoms with Gasteiger partial charge in [-0.1, -0.05) is 18.2 Å². The molecular weight excluding hydrogens is 395 g/mol. The highest BCUT2D eigenvalue weighted by atomic mass is 19.1. The first-order valence-electron chi connectivity index (χ1n) is 10.9. The summed E-state index contributed by atoms with van der Waals surface area (Å²) in [4.78, 5) is 31.7. The molecule has 2 aliphatic heterocycles. The summed E-state index contributed by atoms with van der Waals surface area (Å²) in [6.07, 6.45) is 3.26. The van der Waals surface area contributed by atoms with Crippen LogP contribution in [0.15, 0.2) is 42.5 Å². The predicted molar refractivity (Wildman–Crippen MR) is 116 cm³/mol. The zero-order valence-electron chi connectivity index (χ0n) is 17.7. The summed E-state index contributed by atoms with van der Waals surface area (Å²) in [5.74, 6) is -0.441. The van der Waals surface area contributed by atoms with Crippen LogP contribution in [-0.4, -0.2) is 54.6 Å². The summed E-state index contributed by atoms with van der Waals surface area (Å²) in [5, 5.41) is 2.93. The van der Waals surface area contributed by atoms with Gasteiger partial charge in [-0.25, -0.2) is 14.1 Å². The van der Waals surface area contributed by atoms with Gasteiger partial charge < -0.3 is 10.2 Å². The lowest BCUT2D eigenvalue weighted by Crippen LogP contribution is -2.51. The average Bonchev–Trinajstić information content (AvgIpc) is 3.33. The minimum Gasteiger partial charge on any atom is -0.369 e. The summed E-state index contributed by atoms with van der Waals surface area (Å²) in [6.45, 7) is 5.06. The molecule has 0 unspecified atom stereocenters. The van der Waals surface area contributed by atoms with Crippen molar-refractivity contribution < 1.29 is 14.0 Å². The third-order valence-corrected chi connectivity index (χ3v) is 6.86. The van der Waals surface area contributed by atoms with E-state index < -0.39 is 5.54 Å². The van der Waals surface area contributed by atoms with E-state index >= 15 is 0 Å². The number of urea groups is 1. The van der Waals surface area contributed by atoms with Crippen molar-refractivity contribution in [3.63, 3.8) is 0 Å². The molecule has 0 spiro atoms. The Kier molecular flexibility index (Phi) is 4.93. The average molecular weight is 423 g/mol. The van der Waals surface area contributed by atoms with Crippen LogP contribution in [0, 0.1) is 5.82 Å². The molecule has 1 aliphatic carbocycles. The van der Waals surface area contributed by atoms with Crippen LogP contribution in [0.3, 0.4) is 0 Å². The maximum Gasteiger partial charge on any atom is 0.326 e. The van der Waals surface area contributed by atoms with Crippen molar-refractivity contribution in [2.24, 2.45) is 0 Å². The lowest BCUT2D eigenvalue weighted by molar-refractivity contribution is -0.132. The molecule has 6 nitrogen and oxygen atoms in total. The van der Waals surface area contributed by atoms with E-state index in [9.17, 15) is 14.0 Å². The zero-order valence-corrected chi connectivity index (χ0v) is 17.7. The van der Waals surface area contributed by atoms with Gasteiger partial charge in [0, 0.05) is 31.9 Å². The van der Waals surface area contributed by atoms with Crippen molar-refractivity contribution in [3.8, 4) is 0 Å². The van der Waals surface area contributed by atoms with Gasteiger partial charge in [-0.05, 0) is 67.1 Å². The lowest BCUT2D eigenvalue weighted by Gasteiger charge is -2.37. The van der Waals surface area contributed by atoms with E-state index in [1.54, 1.807) is 19.1 Å². The fourth-order valence-corrected chi connectivity index (χ4v) is 4.90. The van der Waals surface area contributed by atoms with E-state index in [2.05, 4.69) is 27.2 Å². The van der Waals surface area contributed by atoms with E-state index in [4.69, 9.17) is 0 Å². The smallest absolute Gasteiger partial charge is 0.326 e. The zero-order chi connectivity index (χ0) is 21.6. The fourth-order valence-electron chi connectivity index (χ4n) is 4.90. The first kappa shape index (κ1) is 20.0. The van der Waals surface area contributed by atoms with Crippen LogP contribution >= 0.6 is 0 Å². The Balaban J connectivity index is 1.25. The molecule has 162 valence electrons. The number of rotatable bonds is 4. The summed E-state index contributed by atoms with van der Waals surface area (Å²) in [6, 6.07) is 12.3. The number of piperazine rings is 1. The molecule has 1 N–H and O–H groups in total. The van der Waals surface area contributed by atoms with Gasteiger partial charge in [0.1, 0.15) is 11.4 Å². The number of carbonyl (C=O) groups excluding carboxylic acids is 2. The Morgan fingerprint density at radius 1 is 0.968 bits per heavy atom. The SMILES string of the molecule is C[C@]1(c2ccc3c(c2)CCC3)NC(=O)N(CN2CCN(c3ccc(F)cc3)CC2)C1=O. The number of benzene rings is 2. The number of carbonyl (C=O) groups is 2. The molecular formula is C24H27FN4O2. The Morgan fingerprint density at radius 2 is 1.68 bits per heavy atom. The van der Waals surface area contributed by atoms with Gasteiger partial charge in [0.2, 0.25) is 0 Å². The standard InChI is InChI=1S/C24H27FN4O2/c1-24(19-6-5-17-3-2-4-18(17)15-19)22(30)29(23(31)26-24)16-27-11-13-28(14-12-27)21-9-7-20(25)8-10-21/h5-10,15H,2-4,11-14,16H2,1H3,(H,26,31)/t24-/m1/s1. The summed E-state index contributed by atoms with van der Waals surface area (Å²) >= 11 is 0. The highest BCUT2D eigenvalue weighted by Gasteiger charge is 2.49. The summed E-state index contributed by atoms with van der Waals surface area (Å²) < 4.78 is 13.2. The van der Waals surface area contributed by atoms with E-state index in [-0.39, 0.29) is 24.4 Å². The third kappa shape index (κ3) is 3.57. The second-order valence-corrected chi connectivity index (χ2v) is 8.85. The molecule has 2 fully saturated rings. The first-order chi connectivity index (χ1) is 14.9. The maximum absolute atomic E-state index is 13.3. The number of fused-ring (bicyclic) bond motifs is 1. The molecule has 0 aromatic heterocycles. The molecule has 3 amide bonds. The highest BCUT2D eigenvalue weighted by Crippen LogP contribution is 2.32. The van der Waals surface area contributed by atoms with Gasteiger partial charge in [-0.3, -0.25) is 9.69 Å². The molecule has 31 heavy (non-hydrogen) atoms. The van der Waals surface area contributed by atoms with Crippen LogP contribution in [0.25, 0.3) is 0 Å². The van der Waals surface area contributed by atoms with Crippen LogP contribution in [0.5, 0.6) is 0 Å². The minimum absolute atomic E-state index is 0.198. The number of amides is 3. The van der Waals surface area contributed by atoms with Crippen molar-refractivity contribution >= 4 is 17.6 Å². The number of imide groups is 1. The van der Waals surface area contributed by atoms with Gasteiger partial charge in [-0.2, -0.15) is 0 Å². The van der Waals surface area contributed by atoms with Crippen LogP contribution in [0.1, 0.15) is 30.0 Å². The number of aryl methyl sites for hydroxylation is 2. The molecule has 5 rings (SSSR count). The van der Waals surface area contributed by atoms with Crippen molar-refractivity contribution in [1.82, 2.24) is 15.1 Å². The third-order valence-electron chi connectivity index (χ3n) is 6.86. The fraction of sp³-hybridized carbons (Fsp3) is 0.417. The molecule has 0 radical (unpaired) electrons. The number of anilines is 1. The summed E-state index contributed by atoms with van der Waals surface area (Å²) in [5.41, 5.74) is 3.46. The number of hydrogen-bond donors (Lipinski definition) is 1. The molecule has 0 bridgehead atoms. The minimum atomic E-state index is -1.02. The van der Waals surface area contributed by atoms with Gasteiger partial charge in [-0.15, -0.1) is 0 Å². The van der Waals surface area contributed by atoms with Crippen molar-refractivity contribution in [3.05, 3.63) is 65.0 Å². The molecule has 2 aromatic carbocycles. The molecule has 2 saturated heterocycles. The van der Waals surface area contributed by atoms with E-state index in [0.717, 1.165) is 56.7 Å². The first-order valence-corrected chi connectivity index (χ1v) is 10.9. The molecule has 2 aromatic rings. The lowest BCUT2D eigenvalue weighted by atomic mass is 9.90. The number of halogens is 1. The molecule has 0 saturated carbocycles. The van der Waals surface area contributed by atoms with Crippen molar-refractivity contribution in [2.75, 3.05) is 37.7 Å². The summed E-state index contributed by atoms with van der Waals surface area (Å²) in [7, 11) is 0. The van der Waals surface area contributed by atoms with Crippen LogP contribution < -0.4 is 10.2 Å². The molecule has 3 aliphatic rings. The van der Waals surface area contributed by atoms with Crippen LogP contribution in [0.2, 0.25) is 0 Å². The van der Waals surface area contributed by atoms with E-state index in [0.29, 0.717) is 0 Å². The second kappa shape index (κ2) is 7.64. The van der Waals surface area contributed by atoms with Gasteiger partial charge >= 0.3 is 6.03 Å². The van der Waals surface area contributed by atoms with Gasteiger partial charge in [0.25, 0.3) is 5.91 Å². The largest absolute Gasteiger partial charge is 0.369 e. The Labute approximate surface area is 181 Å². The quantitative estimate of drug-likeness (QED) is 0.770. The number of hydrogen-bond acceptors (Lipinski definition) is 4. The Hall–Kier alpha value is -2.93. The normalized spacial score (nSPS) is 23.9. The highest BCUT2D eigenvalue weighted by molar-refractivity contribution is 6.07. The monoisotopic (exact) mass is 422 g/mol. The van der Waals surface area contributed by atoms with Crippen LogP contribution in [0.4, 0.5) is 14.9 Å². The molecule has 1 atom stereocenters. The van der Waals surface area contributed by atoms with E-state index in [1.165, 1.54) is 28.2 Å². The van der Waals surface area contributed by atoms with Crippen LogP contribution in [-0.2, 0) is 23.2 Å². The van der Waals surface area contributed by atoms with E-state index in [1.807, 2.05) is 6.07 Å². The topological polar surface area (TPSA) is 55.9 Å². The number of nitrogens with zero attached hydrogens (tertiary/aromatic N) is 3. The molecule has 7 heteroatoms. The Bertz CT molecular complexity index is 1020. The van der Waals surface area contributed by atoms with Gasteiger partial charge in [0.05, 0.1) is 6.67 Å². The predicted octanol–water partition coefficient (Wildman–Crippen LogP) is 2.86. The van der Waals surface area contributed by atoms with Gasteiger partial charge in [0.15, 0.2) is 0 Å². The number of nitrogens with one attached hydrogen (secondary N) is 1. The maximum atomic E-state index is 13.3. The molecule has 2 heterocycles.